The molecule has 11 heterocycles. The normalized spacial score (nSPS) is 22.1. The fourth-order valence-corrected chi connectivity index (χ4v) is 17.7. The van der Waals surface area contributed by atoms with E-state index in [1.165, 1.54) is 34.9 Å². The maximum Gasteiger partial charge on any atom is 0.204 e. The number of Topliss-reactive ketones (excluding diaryl/α,β-unsaturated/α-hetero) is 5. The minimum Gasteiger partial charge on any atom is -0.464 e. The van der Waals surface area contributed by atoms with Crippen molar-refractivity contribution in [1.82, 2.24) is 0 Å². The van der Waals surface area contributed by atoms with Crippen molar-refractivity contribution in [1.29, 1.82) is 0 Å². The summed E-state index contributed by atoms with van der Waals surface area (Å²) in [4.78, 5) is 96.6. The second-order valence-electron chi connectivity index (χ2n) is 33.5. The van der Waals surface area contributed by atoms with Gasteiger partial charge in [0.25, 0.3) is 0 Å². The van der Waals surface area contributed by atoms with Crippen LogP contribution in [0.15, 0.2) is 212 Å². The molecule has 0 radical (unpaired) electrons. The van der Waals surface area contributed by atoms with Crippen molar-refractivity contribution >= 4 is 138 Å². The molecule has 10 aromatic carbocycles. The molecule has 10 aliphatic heterocycles. The average Bonchev–Trinajstić information content (AvgIpc) is 1.63. The molecule has 1 aromatic heterocycles. The van der Waals surface area contributed by atoms with Crippen molar-refractivity contribution in [2.45, 2.75) is 136 Å². The number of amidine groups is 5. The number of rotatable bonds is 5. The number of aliphatic hydroxyl groups is 5. The Labute approximate surface area is 712 Å². The van der Waals surface area contributed by atoms with E-state index in [1.54, 1.807) is 56.2 Å². The van der Waals surface area contributed by atoms with Crippen LogP contribution in [-0.4, -0.2) is 144 Å². The maximum absolute atomic E-state index is 13.9. The lowest BCUT2D eigenvalue weighted by molar-refractivity contribution is 0.0599. The van der Waals surface area contributed by atoms with Crippen LogP contribution in [-0.2, 0) is 0 Å². The molecule has 5 N–H and O–H groups in total. The Morgan fingerprint density at radius 2 is 0.618 bits per heavy atom. The predicted molar refractivity (Wildman–Crippen MR) is 473 cm³/mol. The van der Waals surface area contributed by atoms with Gasteiger partial charge in [-0.1, -0.05) is 65.2 Å². The van der Waals surface area contributed by atoms with Crippen LogP contribution in [0.3, 0.4) is 0 Å². The minimum atomic E-state index is -1.73. The number of carbonyl (C=O) groups excluding carboxylic acids is 5. The third-order valence-electron chi connectivity index (χ3n) is 25.1. The molecule has 123 heavy (non-hydrogen) atoms. The number of hydrogen-bond acceptors (Lipinski definition) is 21. The SMILES string of the molecule is Cc1cc2c(cc1F)C(=O)[C@]1(O)CCN(c3ccc(C)c(Cl)c3)C1=N2.Cc1ccc(N2CC[C@@]3(O)C(=O)c4cc(F)c(C)cc4N=C23)cc1C.Cc1ccc2c(c1)C(=O)[C@]1(O)CCN(c3ccc(C)c(C)c3)C1=N2.Cc1ccc2c(c1)C(=O)[C@]1(O)CCN(c3ccc4ccoc4c3)C1=N2.Cc1cccc(N2CC[C@@]3(O)C(=O)c4cc(F)c(C)cc4N=C23)c1. The van der Waals surface area contributed by atoms with E-state index < -0.39 is 62.8 Å². The Morgan fingerprint density at radius 3 is 0.967 bits per heavy atom. The highest BCUT2D eigenvalue weighted by Gasteiger charge is 2.58. The smallest absolute Gasteiger partial charge is 0.204 e. The van der Waals surface area contributed by atoms with Crippen molar-refractivity contribution in [3.8, 4) is 0 Å². The van der Waals surface area contributed by atoms with Crippen molar-refractivity contribution in [3.05, 3.63) is 294 Å². The molecule has 0 spiro atoms. The largest absolute Gasteiger partial charge is 0.464 e. The van der Waals surface area contributed by atoms with Crippen LogP contribution >= 0.6 is 11.6 Å². The summed E-state index contributed by atoms with van der Waals surface area (Å²) in [6, 6.07) is 52.7. The molecular formula is C98H88ClF3N10O11. The summed E-state index contributed by atoms with van der Waals surface area (Å²) in [6.45, 7) is 23.3. The number of hydrogen-bond donors (Lipinski definition) is 5. The molecule has 5 fully saturated rings. The Balaban J connectivity index is 0.000000109. The fraction of sp³-hybridized carbons (Fsp3) is 0.265. The summed E-state index contributed by atoms with van der Waals surface area (Å²) in [7, 11) is 0. The van der Waals surface area contributed by atoms with Gasteiger partial charge in [-0.25, -0.2) is 38.1 Å². The standard InChI is InChI=1S/C20H19FN2O2.C20H16N2O3.C20H20N2O2.C19H16ClFN2O2.C19H17FN2O2/c1-11-4-5-14(8-12(11)2)23-7-6-20(25)18(24)15-10-16(21)13(3)9-17(15)22-19(20)23;1-12-2-5-16-15(10-12)18(23)20(24)7-8-22(19(20)21-16)14-4-3-13-6-9-25-17(13)11-14;1-12-4-7-17-16(10-12)18(23)20(24)8-9-22(19(20)21-17)15-6-5-13(2)14(3)11-15;1-10-3-4-12(8-14(10)20)23-6-5-19(25)17(24)13-9-15(21)11(2)7-16(13)22-18(19)23;1-11-4-3-5-13(8-11)22-7-6-19(24)17(23)14-10-15(20)12(2)9-16(14)21-18(19)22/h4-5,8-10,25H,6-7H2,1-3H3;2-6,9-11,24H,7-8H2,1H3;4-7,10-11,24H,8-9H2,1-3H3;3-4,7-9,25H,5-6H2,1-2H3;3-5,8-10,24H,6-7H2,1-2H3/t3*20-;2*19-/m11111/s1. The van der Waals surface area contributed by atoms with Crippen LogP contribution in [0.4, 0.5) is 70.0 Å². The minimum absolute atomic E-state index is 0.123. The number of halogens is 4. The van der Waals surface area contributed by atoms with E-state index in [-0.39, 0.29) is 53.4 Å². The summed E-state index contributed by atoms with van der Waals surface area (Å²) in [5, 5.41) is 56.7. The first-order valence-electron chi connectivity index (χ1n) is 40.7. The Morgan fingerprint density at radius 1 is 0.309 bits per heavy atom. The third kappa shape index (κ3) is 14.1. The number of aryl methyl sites for hydroxylation is 11. The van der Waals surface area contributed by atoms with E-state index in [2.05, 4.69) is 50.9 Å². The van der Waals surface area contributed by atoms with Crippen molar-refractivity contribution in [3.63, 3.8) is 0 Å². The van der Waals surface area contributed by atoms with Crippen LogP contribution < -0.4 is 24.5 Å². The second kappa shape index (κ2) is 30.7. The number of nitrogens with zero attached hydrogens (tertiary/aromatic N) is 10. The van der Waals surface area contributed by atoms with Gasteiger partial charge in [-0.05, 0) is 254 Å². The van der Waals surface area contributed by atoms with Gasteiger partial charge in [-0.2, -0.15) is 0 Å². The topological polar surface area (TPSA) is 278 Å². The van der Waals surface area contributed by atoms with E-state index in [0.29, 0.717) is 130 Å². The highest BCUT2D eigenvalue weighted by Crippen LogP contribution is 2.48. The number of aliphatic imine (C=N–C) groups is 5. The van der Waals surface area contributed by atoms with Crippen LogP contribution in [0.25, 0.3) is 11.0 Å². The van der Waals surface area contributed by atoms with Crippen LogP contribution in [0.5, 0.6) is 0 Å². The number of ketones is 5. The summed E-state index contributed by atoms with van der Waals surface area (Å²) in [5.74, 6) is -1.57. The lowest BCUT2D eigenvalue weighted by Crippen LogP contribution is -2.48. The first kappa shape index (κ1) is 82.6. The number of benzene rings is 10. The monoisotopic (exact) mass is 1670 g/mol. The second-order valence-corrected chi connectivity index (χ2v) is 33.9. The van der Waals surface area contributed by atoms with Crippen molar-refractivity contribution < 1.29 is 67.1 Å². The molecule has 0 aliphatic carbocycles. The molecule has 0 bridgehead atoms. The van der Waals surface area contributed by atoms with Crippen molar-refractivity contribution in [2.75, 3.05) is 57.2 Å². The van der Waals surface area contributed by atoms with E-state index in [0.717, 1.165) is 73.3 Å². The Kier molecular flexibility index (Phi) is 20.6. The van der Waals surface area contributed by atoms with E-state index in [9.17, 15) is 62.7 Å². The predicted octanol–water partition coefficient (Wildman–Crippen LogP) is 18.0. The first-order chi connectivity index (χ1) is 58.5. The van der Waals surface area contributed by atoms with Gasteiger partial charge in [0.1, 0.15) is 52.2 Å². The molecule has 0 unspecified atom stereocenters. The number of furan rings is 1. The molecule has 11 aromatic rings. The fourth-order valence-electron chi connectivity index (χ4n) is 17.5. The number of fused-ring (bicyclic) bond motifs is 11. The van der Waals surface area contributed by atoms with Gasteiger partial charge in [-0.3, -0.25) is 24.0 Å². The Bertz CT molecular complexity index is 6440. The zero-order valence-electron chi connectivity index (χ0n) is 69.6. The Hall–Kier alpha value is -12.7. The number of carbonyl (C=O) groups is 5. The first-order valence-corrected chi connectivity index (χ1v) is 41.1. The molecule has 21 nitrogen and oxygen atoms in total. The van der Waals surface area contributed by atoms with Gasteiger partial charge >= 0.3 is 0 Å². The zero-order valence-corrected chi connectivity index (χ0v) is 70.3. The maximum atomic E-state index is 13.9. The summed E-state index contributed by atoms with van der Waals surface area (Å²) in [6.07, 6.45) is 3.03. The molecule has 10 aliphatic rings. The van der Waals surface area contributed by atoms with E-state index in [4.69, 9.17) is 16.0 Å². The lowest BCUT2D eigenvalue weighted by Gasteiger charge is -2.30. The van der Waals surface area contributed by atoms with Gasteiger partial charge in [0.05, 0.1) is 34.7 Å². The highest BCUT2D eigenvalue weighted by molar-refractivity contribution is 6.34. The highest BCUT2D eigenvalue weighted by atomic mass is 35.5. The quantitative estimate of drug-likeness (QED) is 0.107. The van der Waals surface area contributed by atoms with E-state index >= 15 is 0 Å². The van der Waals surface area contributed by atoms with Crippen molar-refractivity contribution in [2.24, 2.45) is 25.0 Å². The van der Waals surface area contributed by atoms with Crippen LogP contribution in [0.2, 0.25) is 5.02 Å². The molecule has 21 rings (SSSR count). The van der Waals surface area contributed by atoms with Gasteiger partial charge < -0.3 is 54.4 Å². The molecule has 5 atom stereocenters. The van der Waals surface area contributed by atoms with Crippen LogP contribution in [0, 0.1) is 93.6 Å². The summed E-state index contributed by atoms with van der Waals surface area (Å²) < 4.78 is 47.1. The van der Waals surface area contributed by atoms with Crippen LogP contribution in [0.1, 0.15) is 145 Å². The third-order valence-corrected chi connectivity index (χ3v) is 25.5. The lowest BCUT2D eigenvalue weighted by atomic mass is 9.87. The molecule has 624 valence electrons. The molecule has 5 saturated heterocycles. The molecule has 25 heteroatoms. The molecular weight excluding hydrogens is 1590 g/mol. The van der Waals surface area contributed by atoms with Gasteiger partial charge in [0.2, 0.25) is 28.9 Å². The van der Waals surface area contributed by atoms with Gasteiger partial charge in [0.15, 0.2) is 28.0 Å². The summed E-state index contributed by atoms with van der Waals surface area (Å²) >= 11 is 6.21. The van der Waals surface area contributed by atoms with E-state index in [1.807, 2.05) is 176 Å². The van der Waals surface area contributed by atoms with Gasteiger partial charge in [0, 0.05) is 138 Å². The molecule has 0 amide bonds. The van der Waals surface area contributed by atoms with Gasteiger partial charge in [-0.15, -0.1) is 0 Å². The molecule has 0 saturated carbocycles. The number of anilines is 5. The summed E-state index contributed by atoms with van der Waals surface area (Å²) in [5.41, 5.74) is 10.9. The zero-order chi connectivity index (χ0) is 87.2. The average molecular weight is 1670 g/mol.